The van der Waals surface area contributed by atoms with Crippen molar-refractivity contribution in [2.24, 2.45) is 0 Å². The second-order valence-electron chi connectivity index (χ2n) is 7.36. The first-order chi connectivity index (χ1) is 14.2. The van der Waals surface area contributed by atoms with E-state index >= 15 is 0 Å². The van der Waals surface area contributed by atoms with Crippen LogP contribution in [-0.4, -0.2) is 22.2 Å². The minimum Gasteiger partial charge on any atom is -0.490 e. The number of hydrogen-bond acceptors (Lipinski definition) is 4. The molecule has 0 amide bonds. The SMILES string of the molecule is Cc1ccc(OCc2nc(-c3ccc(Cl)cc3OC(C)C)ccc2C(=O)O)c(C)c1. The van der Waals surface area contributed by atoms with E-state index in [4.69, 9.17) is 21.1 Å². The van der Waals surface area contributed by atoms with Crippen LogP contribution in [0.4, 0.5) is 0 Å². The molecule has 3 rings (SSSR count). The molecule has 0 spiro atoms. The first-order valence-corrected chi connectivity index (χ1v) is 10.0. The number of aromatic nitrogens is 1. The summed E-state index contributed by atoms with van der Waals surface area (Å²) in [6, 6.07) is 14.4. The third-order valence-electron chi connectivity index (χ3n) is 4.48. The number of pyridine rings is 1. The molecule has 156 valence electrons. The molecule has 2 aromatic carbocycles. The number of ether oxygens (including phenoxy) is 2. The smallest absolute Gasteiger partial charge is 0.337 e. The topological polar surface area (TPSA) is 68.7 Å². The molecular weight excluding hydrogens is 402 g/mol. The number of aryl methyl sites for hydroxylation is 2. The number of nitrogens with zero attached hydrogens (tertiary/aromatic N) is 1. The minimum atomic E-state index is -1.05. The Kier molecular flexibility index (Phi) is 6.63. The summed E-state index contributed by atoms with van der Waals surface area (Å²) in [5.41, 5.74) is 3.87. The lowest BCUT2D eigenvalue weighted by atomic mass is 10.1. The van der Waals surface area contributed by atoms with E-state index in [0.717, 1.165) is 16.7 Å². The van der Waals surface area contributed by atoms with E-state index in [1.54, 1.807) is 24.3 Å². The van der Waals surface area contributed by atoms with E-state index in [1.807, 2.05) is 52.0 Å². The standard InChI is InChI=1S/C24H24ClNO4/c1-14(2)30-23-12-17(25)6-7-18(23)20-9-8-19(24(27)28)21(26-20)13-29-22-10-5-15(3)11-16(22)4/h5-12,14H,13H2,1-4H3,(H,27,28). The van der Waals surface area contributed by atoms with Crippen molar-refractivity contribution in [3.8, 4) is 22.8 Å². The molecule has 0 saturated carbocycles. The first-order valence-electron chi connectivity index (χ1n) is 9.64. The maximum atomic E-state index is 11.7. The average molecular weight is 426 g/mol. The Labute approximate surface area is 181 Å². The molecule has 0 aliphatic heterocycles. The zero-order valence-corrected chi connectivity index (χ0v) is 18.2. The number of rotatable bonds is 7. The molecule has 1 aromatic heterocycles. The predicted molar refractivity (Wildman–Crippen MR) is 118 cm³/mol. The van der Waals surface area contributed by atoms with Gasteiger partial charge in [0.25, 0.3) is 0 Å². The van der Waals surface area contributed by atoms with Crippen LogP contribution in [-0.2, 0) is 6.61 Å². The molecule has 1 N–H and O–H groups in total. The number of halogens is 1. The van der Waals surface area contributed by atoms with Gasteiger partial charge in [-0.05, 0) is 69.7 Å². The fourth-order valence-corrected chi connectivity index (χ4v) is 3.28. The zero-order chi connectivity index (χ0) is 21.8. The van der Waals surface area contributed by atoms with E-state index in [2.05, 4.69) is 4.98 Å². The van der Waals surface area contributed by atoms with Crippen LogP contribution in [0.15, 0.2) is 48.5 Å². The zero-order valence-electron chi connectivity index (χ0n) is 17.4. The molecular formula is C24H24ClNO4. The number of carboxylic acid groups (broad SMARTS) is 1. The summed E-state index contributed by atoms with van der Waals surface area (Å²) >= 11 is 6.13. The largest absolute Gasteiger partial charge is 0.490 e. The lowest BCUT2D eigenvalue weighted by Gasteiger charge is -2.16. The van der Waals surface area contributed by atoms with Crippen molar-refractivity contribution in [2.75, 3.05) is 0 Å². The van der Waals surface area contributed by atoms with Gasteiger partial charge in [-0.25, -0.2) is 9.78 Å². The van der Waals surface area contributed by atoms with Crippen LogP contribution in [0.5, 0.6) is 11.5 Å². The highest BCUT2D eigenvalue weighted by Crippen LogP contribution is 2.33. The van der Waals surface area contributed by atoms with E-state index in [-0.39, 0.29) is 18.3 Å². The molecule has 0 fully saturated rings. The minimum absolute atomic E-state index is 0.0351. The Morgan fingerprint density at radius 3 is 2.50 bits per heavy atom. The highest BCUT2D eigenvalue weighted by Gasteiger charge is 2.17. The predicted octanol–water partition coefficient (Wildman–Crippen LogP) is 6.08. The molecule has 30 heavy (non-hydrogen) atoms. The second kappa shape index (κ2) is 9.18. The quantitative estimate of drug-likeness (QED) is 0.496. The Balaban J connectivity index is 1.98. The normalized spacial score (nSPS) is 10.9. The fourth-order valence-electron chi connectivity index (χ4n) is 3.12. The molecule has 0 bridgehead atoms. The highest BCUT2D eigenvalue weighted by molar-refractivity contribution is 6.30. The third-order valence-corrected chi connectivity index (χ3v) is 4.72. The van der Waals surface area contributed by atoms with Crippen molar-refractivity contribution in [1.29, 1.82) is 0 Å². The Morgan fingerprint density at radius 1 is 1.07 bits per heavy atom. The van der Waals surface area contributed by atoms with Gasteiger partial charge in [0.15, 0.2) is 0 Å². The van der Waals surface area contributed by atoms with Crippen molar-refractivity contribution in [1.82, 2.24) is 4.98 Å². The van der Waals surface area contributed by atoms with Gasteiger partial charge in [-0.1, -0.05) is 29.3 Å². The molecule has 0 atom stereocenters. The van der Waals surface area contributed by atoms with Gasteiger partial charge in [-0.15, -0.1) is 0 Å². The van der Waals surface area contributed by atoms with Crippen molar-refractivity contribution in [2.45, 2.75) is 40.4 Å². The summed E-state index contributed by atoms with van der Waals surface area (Å²) in [6.07, 6.45) is -0.0483. The van der Waals surface area contributed by atoms with Crippen LogP contribution in [0, 0.1) is 13.8 Å². The summed E-state index contributed by atoms with van der Waals surface area (Å²) in [5, 5.41) is 10.1. The molecule has 6 heteroatoms. The monoisotopic (exact) mass is 425 g/mol. The lowest BCUT2D eigenvalue weighted by molar-refractivity contribution is 0.0693. The molecule has 0 unspecified atom stereocenters. The number of carboxylic acids is 1. The maximum absolute atomic E-state index is 11.7. The highest BCUT2D eigenvalue weighted by atomic mass is 35.5. The van der Waals surface area contributed by atoms with E-state index in [9.17, 15) is 9.90 Å². The summed E-state index contributed by atoms with van der Waals surface area (Å²) in [4.78, 5) is 16.3. The molecule has 3 aromatic rings. The van der Waals surface area contributed by atoms with Gasteiger partial charge in [-0.2, -0.15) is 0 Å². The van der Waals surface area contributed by atoms with Crippen molar-refractivity contribution >= 4 is 17.6 Å². The molecule has 0 radical (unpaired) electrons. The summed E-state index contributed by atoms with van der Waals surface area (Å²) < 4.78 is 11.8. The van der Waals surface area contributed by atoms with Crippen LogP contribution in [0.1, 0.15) is 41.0 Å². The van der Waals surface area contributed by atoms with Gasteiger partial charge >= 0.3 is 5.97 Å². The van der Waals surface area contributed by atoms with Gasteiger partial charge in [0.1, 0.15) is 18.1 Å². The van der Waals surface area contributed by atoms with Crippen molar-refractivity contribution < 1.29 is 19.4 Å². The van der Waals surface area contributed by atoms with E-state index < -0.39 is 5.97 Å². The maximum Gasteiger partial charge on any atom is 0.337 e. The van der Waals surface area contributed by atoms with Crippen LogP contribution in [0.3, 0.4) is 0 Å². The second-order valence-corrected chi connectivity index (χ2v) is 7.80. The number of carbonyl (C=O) groups is 1. The molecule has 5 nitrogen and oxygen atoms in total. The third kappa shape index (κ3) is 5.10. The number of aromatic carboxylic acids is 1. The first kappa shape index (κ1) is 21.7. The summed E-state index contributed by atoms with van der Waals surface area (Å²) in [7, 11) is 0. The van der Waals surface area contributed by atoms with Crippen molar-refractivity contribution in [3.63, 3.8) is 0 Å². The van der Waals surface area contributed by atoms with Gasteiger partial charge in [0.05, 0.1) is 23.1 Å². The Bertz CT molecular complexity index is 1080. The van der Waals surface area contributed by atoms with Crippen LogP contribution >= 0.6 is 11.6 Å². The number of hydrogen-bond donors (Lipinski definition) is 1. The van der Waals surface area contributed by atoms with Gasteiger partial charge in [0, 0.05) is 10.6 Å². The fraction of sp³-hybridized carbons (Fsp3) is 0.250. The van der Waals surface area contributed by atoms with Gasteiger partial charge in [0.2, 0.25) is 0 Å². The summed E-state index contributed by atoms with van der Waals surface area (Å²) in [6.45, 7) is 7.85. The van der Waals surface area contributed by atoms with Gasteiger partial charge < -0.3 is 14.6 Å². The van der Waals surface area contributed by atoms with Crippen LogP contribution in [0.25, 0.3) is 11.3 Å². The van der Waals surface area contributed by atoms with Crippen molar-refractivity contribution in [3.05, 3.63) is 75.9 Å². The van der Waals surface area contributed by atoms with E-state index in [0.29, 0.717) is 27.9 Å². The molecule has 0 aliphatic carbocycles. The molecule has 0 saturated heterocycles. The van der Waals surface area contributed by atoms with Gasteiger partial charge in [-0.3, -0.25) is 0 Å². The lowest BCUT2D eigenvalue weighted by Crippen LogP contribution is -2.10. The van der Waals surface area contributed by atoms with Crippen LogP contribution in [0.2, 0.25) is 5.02 Å². The summed E-state index contributed by atoms with van der Waals surface area (Å²) in [5.74, 6) is 0.233. The average Bonchev–Trinajstić information content (AvgIpc) is 2.66. The Morgan fingerprint density at radius 2 is 1.83 bits per heavy atom. The van der Waals surface area contributed by atoms with E-state index in [1.165, 1.54) is 0 Å². The van der Waals surface area contributed by atoms with Crippen LogP contribution < -0.4 is 9.47 Å². The Hall–Kier alpha value is -3.05. The number of benzene rings is 2. The molecule has 0 aliphatic rings. The molecule has 1 heterocycles.